The largest absolute Gasteiger partial charge is 0.342 e. The van der Waals surface area contributed by atoms with Gasteiger partial charge >= 0.3 is 0 Å². The fraction of sp³-hybridized carbons (Fsp3) is 0.800. The zero-order valence-electron chi connectivity index (χ0n) is 11.6. The summed E-state index contributed by atoms with van der Waals surface area (Å²) in [6.07, 6.45) is 9.75. The van der Waals surface area contributed by atoms with E-state index in [1.807, 2.05) is 0 Å². The topological polar surface area (TPSA) is 20.3 Å². The Morgan fingerprint density at radius 1 is 1.29 bits per heavy atom. The van der Waals surface area contributed by atoms with Gasteiger partial charge in [-0.15, -0.1) is 0 Å². The normalized spacial score (nSPS) is 19.6. The highest BCUT2D eigenvalue weighted by Gasteiger charge is 2.24. The van der Waals surface area contributed by atoms with Gasteiger partial charge in [0.05, 0.1) is 0 Å². The molecule has 0 bridgehead atoms. The summed E-state index contributed by atoms with van der Waals surface area (Å²) in [5, 5.41) is 0. The molecule has 1 atom stereocenters. The Morgan fingerprint density at radius 3 is 2.47 bits per heavy atom. The van der Waals surface area contributed by atoms with E-state index >= 15 is 0 Å². The molecule has 0 saturated heterocycles. The number of carbonyl (C=O) groups excluding carboxylic acids is 1. The van der Waals surface area contributed by atoms with E-state index < -0.39 is 0 Å². The fourth-order valence-electron chi connectivity index (χ4n) is 2.51. The lowest BCUT2D eigenvalue weighted by Crippen LogP contribution is -2.39. The average molecular weight is 237 g/mol. The van der Waals surface area contributed by atoms with Gasteiger partial charge in [-0.05, 0) is 32.1 Å². The van der Waals surface area contributed by atoms with Crippen molar-refractivity contribution in [2.75, 3.05) is 13.1 Å². The van der Waals surface area contributed by atoms with Gasteiger partial charge in [0.2, 0.25) is 5.91 Å². The maximum Gasteiger partial charge on any atom is 0.226 e. The Labute approximate surface area is 106 Å². The van der Waals surface area contributed by atoms with Crippen molar-refractivity contribution in [3.63, 3.8) is 0 Å². The van der Waals surface area contributed by atoms with Gasteiger partial charge in [-0.3, -0.25) is 4.79 Å². The summed E-state index contributed by atoms with van der Waals surface area (Å²) >= 11 is 0. The quantitative estimate of drug-likeness (QED) is 0.646. The van der Waals surface area contributed by atoms with E-state index in [0.29, 0.717) is 11.8 Å². The minimum absolute atomic E-state index is 0.245. The smallest absolute Gasteiger partial charge is 0.226 e. The van der Waals surface area contributed by atoms with Crippen molar-refractivity contribution < 1.29 is 4.79 Å². The second-order valence-corrected chi connectivity index (χ2v) is 5.04. The standard InChI is InChI=1S/C15H27NO/c1-4-13(5-2)12-16(6-3)15(17)14-10-8-7-9-11-14/h7-8,13-14H,4-6,9-12H2,1-3H3. The first-order chi connectivity index (χ1) is 8.22. The molecule has 0 aromatic heterocycles. The van der Waals surface area contributed by atoms with Crippen LogP contribution in [-0.4, -0.2) is 23.9 Å². The number of allylic oxidation sites excluding steroid dienone is 2. The SMILES string of the molecule is CCC(CC)CN(CC)C(=O)C1CC=CCC1. The van der Waals surface area contributed by atoms with Crippen LogP contribution in [-0.2, 0) is 4.79 Å². The number of amides is 1. The van der Waals surface area contributed by atoms with Gasteiger partial charge < -0.3 is 4.90 Å². The molecule has 2 nitrogen and oxygen atoms in total. The Bertz CT molecular complexity index is 256. The molecular formula is C15H27NO. The number of hydrogen-bond acceptors (Lipinski definition) is 1. The molecule has 0 heterocycles. The van der Waals surface area contributed by atoms with Gasteiger partial charge in [-0.1, -0.05) is 38.8 Å². The predicted molar refractivity (Wildman–Crippen MR) is 72.8 cm³/mol. The second-order valence-electron chi connectivity index (χ2n) is 5.04. The third kappa shape index (κ3) is 4.18. The lowest BCUT2D eigenvalue weighted by Gasteiger charge is -2.29. The molecule has 0 radical (unpaired) electrons. The summed E-state index contributed by atoms with van der Waals surface area (Å²) in [5.41, 5.74) is 0. The highest BCUT2D eigenvalue weighted by atomic mass is 16.2. The van der Waals surface area contributed by atoms with Gasteiger partial charge in [0.15, 0.2) is 0 Å². The van der Waals surface area contributed by atoms with E-state index in [0.717, 1.165) is 32.4 Å². The number of hydrogen-bond donors (Lipinski definition) is 0. The molecule has 17 heavy (non-hydrogen) atoms. The molecule has 0 N–H and O–H groups in total. The van der Waals surface area contributed by atoms with E-state index in [1.54, 1.807) is 0 Å². The zero-order chi connectivity index (χ0) is 12.7. The van der Waals surface area contributed by atoms with E-state index in [2.05, 4.69) is 37.8 Å². The third-order valence-electron chi connectivity index (χ3n) is 3.94. The molecule has 0 spiro atoms. The summed E-state index contributed by atoms with van der Waals surface area (Å²) in [4.78, 5) is 14.5. The lowest BCUT2D eigenvalue weighted by molar-refractivity contribution is -0.136. The minimum atomic E-state index is 0.245. The van der Waals surface area contributed by atoms with Crippen molar-refractivity contribution in [3.8, 4) is 0 Å². The zero-order valence-corrected chi connectivity index (χ0v) is 11.6. The maximum atomic E-state index is 12.4. The van der Waals surface area contributed by atoms with Crippen molar-refractivity contribution >= 4 is 5.91 Å². The summed E-state index contributed by atoms with van der Waals surface area (Å²) in [6, 6.07) is 0. The molecule has 1 aliphatic carbocycles. The van der Waals surface area contributed by atoms with E-state index in [4.69, 9.17) is 0 Å². The van der Waals surface area contributed by atoms with Crippen LogP contribution in [0.1, 0.15) is 52.9 Å². The number of carbonyl (C=O) groups is 1. The molecule has 0 aliphatic heterocycles. The van der Waals surface area contributed by atoms with Gasteiger partial charge in [-0.25, -0.2) is 0 Å². The Balaban J connectivity index is 2.53. The van der Waals surface area contributed by atoms with Crippen molar-refractivity contribution in [2.45, 2.75) is 52.9 Å². The van der Waals surface area contributed by atoms with Crippen LogP contribution in [0.25, 0.3) is 0 Å². The van der Waals surface area contributed by atoms with Crippen LogP contribution < -0.4 is 0 Å². The van der Waals surface area contributed by atoms with Gasteiger partial charge in [0.25, 0.3) is 0 Å². The highest BCUT2D eigenvalue weighted by molar-refractivity contribution is 5.79. The first kappa shape index (κ1) is 14.3. The first-order valence-corrected chi connectivity index (χ1v) is 7.16. The maximum absolute atomic E-state index is 12.4. The molecule has 1 rings (SSSR count). The van der Waals surface area contributed by atoms with Crippen molar-refractivity contribution in [1.82, 2.24) is 4.90 Å². The Kier molecular flexibility index (Phi) is 6.31. The molecule has 1 aliphatic rings. The number of rotatable bonds is 6. The molecule has 2 heteroatoms. The van der Waals surface area contributed by atoms with Gasteiger partial charge in [0, 0.05) is 19.0 Å². The fourth-order valence-corrected chi connectivity index (χ4v) is 2.51. The molecular weight excluding hydrogens is 210 g/mol. The van der Waals surface area contributed by atoms with Crippen LogP contribution in [0, 0.1) is 11.8 Å². The van der Waals surface area contributed by atoms with E-state index in [1.165, 1.54) is 12.8 Å². The van der Waals surface area contributed by atoms with Crippen molar-refractivity contribution in [3.05, 3.63) is 12.2 Å². The molecule has 1 unspecified atom stereocenters. The average Bonchev–Trinajstić information content (AvgIpc) is 2.40. The predicted octanol–water partition coefficient (Wildman–Crippen LogP) is 3.63. The summed E-state index contributed by atoms with van der Waals surface area (Å²) < 4.78 is 0. The molecule has 1 amide bonds. The van der Waals surface area contributed by atoms with Gasteiger partial charge in [0.1, 0.15) is 0 Å². The summed E-state index contributed by atoms with van der Waals surface area (Å²) in [7, 11) is 0. The first-order valence-electron chi connectivity index (χ1n) is 7.16. The Hall–Kier alpha value is -0.790. The van der Waals surface area contributed by atoms with Crippen LogP contribution in [0.2, 0.25) is 0 Å². The van der Waals surface area contributed by atoms with Crippen molar-refractivity contribution in [2.24, 2.45) is 11.8 Å². The third-order valence-corrected chi connectivity index (χ3v) is 3.94. The van der Waals surface area contributed by atoms with Gasteiger partial charge in [-0.2, -0.15) is 0 Å². The van der Waals surface area contributed by atoms with E-state index in [-0.39, 0.29) is 5.92 Å². The molecule has 0 aromatic rings. The Morgan fingerprint density at radius 2 is 2.00 bits per heavy atom. The van der Waals surface area contributed by atoms with Crippen LogP contribution in [0.15, 0.2) is 12.2 Å². The van der Waals surface area contributed by atoms with Crippen LogP contribution in [0.5, 0.6) is 0 Å². The number of nitrogens with zero attached hydrogens (tertiary/aromatic N) is 1. The highest BCUT2D eigenvalue weighted by Crippen LogP contribution is 2.21. The molecule has 0 saturated carbocycles. The van der Waals surface area contributed by atoms with Crippen LogP contribution >= 0.6 is 0 Å². The summed E-state index contributed by atoms with van der Waals surface area (Å²) in [6.45, 7) is 8.34. The molecule has 0 fully saturated rings. The van der Waals surface area contributed by atoms with Crippen LogP contribution in [0.3, 0.4) is 0 Å². The van der Waals surface area contributed by atoms with Crippen LogP contribution in [0.4, 0.5) is 0 Å². The van der Waals surface area contributed by atoms with Crippen molar-refractivity contribution in [1.29, 1.82) is 0 Å². The monoisotopic (exact) mass is 237 g/mol. The van der Waals surface area contributed by atoms with E-state index in [9.17, 15) is 4.79 Å². The minimum Gasteiger partial charge on any atom is -0.342 e. The summed E-state index contributed by atoms with van der Waals surface area (Å²) in [5.74, 6) is 1.29. The lowest BCUT2D eigenvalue weighted by atomic mass is 9.92. The molecule has 98 valence electrons. The molecule has 0 aromatic carbocycles. The second kappa shape index (κ2) is 7.52.